The van der Waals surface area contributed by atoms with Crippen molar-refractivity contribution < 1.29 is 9.84 Å². The first-order chi connectivity index (χ1) is 13.5. The Labute approximate surface area is 183 Å². The standard InChI is InChI=1S/C12H6Cl4O.C7H11N3O/c13-7-3-1-4-8(14)11(7)17-12-9(15)5-2-6-10(12)16;11-4-3-9-6-7-5-8-1-2-10-7/h1-6H;1-2,5,9,11H,3-4,6H2. The van der Waals surface area contributed by atoms with Gasteiger partial charge in [-0.1, -0.05) is 58.5 Å². The highest BCUT2D eigenvalue weighted by atomic mass is 35.5. The number of aliphatic hydroxyl groups is 1. The van der Waals surface area contributed by atoms with Gasteiger partial charge in [0.25, 0.3) is 0 Å². The molecular formula is C19H17Cl4N3O2. The van der Waals surface area contributed by atoms with E-state index in [4.69, 9.17) is 56.2 Å². The van der Waals surface area contributed by atoms with Gasteiger partial charge < -0.3 is 15.2 Å². The van der Waals surface area contributed by atoms with E-state index in [9.17, 15) is 0 Å². The largest absolute Gasteiger partial charge is 0.451 e. The second-order valence-corrected chi connectivity index (χ2v) is 6.93. The summed E-state index contributed by atoms with van der Waals surface area (Å²) in [6.07, 6.45) is 4.98. The minimum absolute atomic E-state index is 0.153. The number of aromatic nitrogens is 2. The number of aliphatic hydroxyl groups excluding tert-OH is 1. The fraction of sp³-hybridized carbons (Fsp3) is 0.158. The fourth-order valence-corrected chi connectivity index (χ4v) is 2.93. The number of nitrogens with one attached hydrogen (secondary N) is 1. The van der Waals surface area contributed by atoms with Crippen molar-refractivity contribution in [2.45, 2.75) is 6.54 Å². The third kappa shape index (κ3) is 7.09. The molecule has 5 nitrogen and oxygen atoms in total. The molecule has 2 N–H and O–H groups in total. The highest BCUT2D eigenvalue weighted by molar-refractivity contribution is 6.38. The molecule has 0 aliphatic carbocycles. The van der Waals surface area contributed by atoms with Crippen molar-refractivity contribution in [3.8, 4) is 11.5 Å². The van der Waals surface area contributed by atoms with Crippen LogP contribution in [0.3, 0.4) is 0 Å². The molecule has 3 rings (SSSR count). The number of benzene rings is 2. The van der Waals surface area contributed by atoms with Crippen LogP contribution in [0.25, 0.3) is 0 Å². The van der Waals surface area contributed by atoms with Gasteiger partial charge in [0, 0.05) is 31.7 Å². The molecular weight excluding hydrogens is 444 g/mol. The van der Waals surface area contributed by atoms with Gasteiger partial charge in [-0.15, -0.1) is 0 Å². The Kier molecular flexibility index (Phi) is 9.78. The molecule has 0 saturated heterocycles. The molecule has 0 spiro atoms. The number of rotatable bonds is 6. The lowest BCUT2D eigenvalue weighted by atomic mass is 10.3. The van der Waals surface area contributed by atoms with Crippen LogP contribution < -0.4 is 10.1 Å². The smallest absolute Gasteiger partial charge is 0.164 e. The molecule has 1 heterocycles. The predicted molar refractivity (Wildman–Crippen MR) is 114 cm³/mol. The summed E-state index contributed by atoms with van der Waals surface area (Å²) >= 11 is 24.0. The van der Waals surface area contributed by atoms with Crippen molar-refractivity contribution in [3.05, 3.63) is 80.8 Å². The maximum absolute atomic E-state index is 8.45. The molecule has 0 radical (unpaired) electrons. The first kappa shape index (κ1) is 22.7. The molecule has 2 aromatic carbocycles. The molecule has 0 fully saturated rings. The minimum Gasteiger partial charge on any atom is -0.451 e. The molecule has 0 atom stereocenters. The van der Waals surface area contributed by atoms with Crippen molar-refractivity contribution in [2.24, 2.45) is 0 Å². The summed E-state index contributed by atoms with van der Waals surface area (Å²) in [5.41, 5.74) is 0.890. The Morgan fingerprint density at radius 2 is 1.39 bits per heavy atom. The number of hydrogen-bond donors (Lipinski definition) is 2. The Morgan fingerprint density at radius 1 is 0.857 bits per heavy atom. The summed E-state index contributed by atoms with van der Waals surface area (Å²) in [7, 11) is 0. The van der Waals surface area contributed by atoms with Crippen molar-refractivity contribution in [1.29, 1.82) is 0 Å². The van der Waals surface area contributed by atoms with Crippen LogP contribution >= 0.6 is 46.4 Å². The number of hydrogen-bond acceptors (Lipinski definition) is 5. The third-order valence-electron chi connectivity index (χ3n) is 3.25. The van der Waals surface area contributed by atoms with Crippen LogP contribution in [0.15, 0.2) is 55.0 Å². The summed E-state index contributed by atoms with van der Waals surface area (Å²) in [6.45, 7) is 1.41. The minimum atomic E-state index is 0.153. The van der Waals surface area contributed by atoms with Crippen molar-refractivity contribution >= 4 is 46.4 Å². The van der Waals surface area contributed by atoms with Crippen LogP contribution in [0, 0.1) is 0 Å². The zero-order chi connectivity index (χ0) is 20.4. The maximum atomic E-state index is 8.45. The number of halogens is 4. The van der Waals surface area contributed by atoms with E-state index in [1.54, 1.807) is 55.0 Å². The lowest BCUT2D eigenvalue weighted by Gasteiger charge is -2.11. The molecule has 148 valence electrons. The highest BCUT2D eigenvalue weighted by Gasteiger charge is 2.12. The molecule has 9 heteroatoms. The number of ether oxygens (including phenoxy) is 1. The van der Waals surface area contributed by atoms with Gasteiger partial charge in [-0.2, -0.15) is 0 Å². The van der Waals surface area contributed by atoms with E-state index in [1.165, 1.54) is 0 Å². The van der Waals surface area contributed by atoms with Gasteiger partial charge in [0.2, 0.25) is 0 Å². The molecule has 0 aliphatic heterocycles. The second kappa shape index (κ2) is 12.1. The fourth-order valence-electron chi connectivity index (χ4n) is 1.98. The van der Waals surface area contributed by atoms with Crippen LogP contribution in [-0.4, -0.2) is 28.2 Å². The Hall–Kier alpha value is -1.60. The zero-order valence-electron chi connectivity index (χ0n) is 14.6. The SMILES string of the molecule is Clc1cccc(Cl)c1Oc1c(Cl)cccc1Cl.OCCNCc1cnccn1. The molecule has 1 aromatic heterocycles. The van der Waals surface area contributed by atoms with Crippen molar-refractivity contribution in [2.75, 3.05) is 13.2 Å². The van der Waals surface area contributed by atoms with Gasteiger partial charge in [0.1, 0.15) is 0 Å². The monoisotopic (exact) mass is 459 g/mol. The average Bonchev–Trinajstić information content (AvgIpc) is 2.68. The molecule has 0 aliphatic rings. The van der Waals surface area contributed by atoms with E-state index >= 15 is 0 Å². The van der Waals surface area contributed by atoms with Gasteiger partial charge in [0.05, 0.1) is 32.4 Å². The summed E-state index contributed by atoms with van der Waals surface area (Å²) in [5, 5.41) is 13.0. The highest BCUT2D eigenvalue weighted by Crippen LogP contribution is 2.41. The quantitative estimate of drug-likeness (QED) is 0.465. The number of para-hydroxylation sites is 2. The summed E-state index contributed by atoms with van der Waals surface area (Å²) < 4.78 is 5.57. The van der Waals surface area contributed by atoms with Crippen LogP contribution in [0.2, 0.25) is 20.1 Å². The number of nitrogens with zero attached hydrogens (tertiary/aromatic N) is 2. The first-order valence-electron chi connectivity index (χ1n) is 8.15. The van der Waals surface area contributed by atoms with Crippen LogP contribution in [0.5, 0.6) is 11.5 Å². The first-order valence-corrected chi connectivity index (χ1v) is 9.66. The Morgan fingerprint density at radius 3 is 1.82 bits per heavy atom. The molecule has 3 aromatic rings. The van der Waals surface area contributed by atoms with Crippen molar-refractivity contribution in [1.82, 2.24) is 15.3 Å². The van der Waals surface area contributed by atoms with Gasteiger partial charge in [-0.05, 0) is 24.3 Å². The average molecular weight is 461 g/mol. The second-order valence-electron chi connectivity index (χ2n) is 5.30. The van der Waals surface area contributed by atoms with E-state index in [-0.39, 0.29) is 6.61 Å². The van der Waals surface area contributed by atoms with Gasteiger partial charge in [-0.3, -0.25) is 9.97 Å². The van der Waals surface area contributed by atoms with Crippen molar-refractivity contribution in [3.63, 3.8) is 0 Å². The normalized spacial score (nSPS) is 10.2. The van der Waals surface area contributed by atoms with E-state index in [0.717, 1.165) is 5.69 Å². The van der Waals surface area contributed by atoms with Crippen LogP contribution in [0.4, 0.5) is 0 Å². The summed E-state index contributed by atoms with van der Waals surface area (Å²) in [6, 6.07) is 10.2. The molecule has 0 amide bonds. The summed E-state index contributed by atoms with van der Waals surface area (Å²) in [4.78, 5) is 7.94. The lowest BCUT2D eigenvalue weighted by molar-refractivity contribution is 0.291. The summed E-state index contributed by atoms with van der Waals surface area (Å²) in [5.74, 6) is 0.677. The third-order valence-corrected chi connectivity index (χ3v) is 4.44. The van der Waals surface area contributed by atoms with Crippen LogP contribution in [0.1, 0.15) is 5.69 Å². The van der Waals surface area contributed by atoms with Gasteiger partial charge >= 0.3 is 0 Å². The Bertz CT molecular complexity index is 792. The molecule has 28 heavy (non-hydrogen) atoms. The van der Waals surface area contributed by atoms with E-state index in [1.807, 2.05) is 0 Å². The topological polar surface area (TPSA) is 67.3 Å². The van der Waals surface area contributed by atoms with Gasteiger partial charge in [0.15, 0.2) is 11.5 Å². The van der Waals surface area contributed by atoms with E-state index in [2.05, 4.69) is 15.3 Å². The zero-order valence-corrected chi connectivity index (χ0v) is 17.6. The molecule has 0 saturated carbocycles. The lowest BCUT2D eigenvalue weighted by Crippen LogP contribution is -2.18. The van der Waals surface area contributed by atoms with E-state index < -0.39 is 0 Å². The Balaban J connectivity index is 0.000000221. The van der Waals surface area contributed by atoms with E-state index in [0.29, 0.717) is 44.7 Å². The predicted octanol–water partition coefficient (Wildman–Crippen LogP) is 5.65. The van der Waals surface area contributed by atoms with Gasteiger partial charge in [-0.25, -0.2) is 0 Å². The van der Waals surface area contributed by atoms with Crippen LogP contribution in [-0.2, 0) is 6.54 Å². The maximum Gasteiger partial charge on any atom is 0.164 e. The molecule has 0 bridgehead atoms. The molecule has 0 unspecified atom stereocenters.